The van der Waals surface area contributed by atoms with E-state index in [1.165, 1.54) is 18.3 Å². The van der Waals surface area contributed by atoms with Crippen LogP contribution in [0.4, 0.5) is 0 Å². The molecule has 1 aromatic heterocycles. The predicted octanol–water partition coefficient (Wildman–Crippen LogP) is 2.24. The number of halogens is 1. The van der Waals surface area contributed by atoms with E-state index in [1.54, 1.807) is 42.5 Å². The molecular weight excluding hydrogens is 471 g/mol. The molecule has 0 radical (unpaired) electrons. The number of aromatic amines is 2. The van der Waals surface area contributed by atoms with Gasteiger partial charge >= 0.3 is 157 Å². The van der Waals surface area contributed by atoms with Crippen molar-refractivity contribution < 1.29 is 10.9 Å². The van der Waals surface area contributed by atoms with Crippen molar-refractivity contribution in [1.29, 1.82) is 0 Å². The molecule has 0 unspecified atom stereocenters. The van der Waals surface area contributed by atoms with Crippen molar-refractivity contribution in [3.8, 4) is 0 Å². The molecule has 2 aromatic carbocycles. The van der Waals surface area contributed by atoms with Crippen LogP contribution < -0.4 is 11.2 Å². The Balaban J connectivity index is 2.08. The zero-order valence-corrected chi connectivity index (χ0v) is 16.6. The van der Waals surface area contributed by atoms with Crippen molar-refractivity contribution in [1.82, 2.24) is 9.97 Å². The van der Waals surface area contributed by atoms with Crippen LogP contribution in [0.1, 0.15) is 5.56 Å². The van der Waals surface area contributed by atoms with Gasteiger partial charge in [-0.25, -0.2) is 0 Å². The third-order valence-corrected chi connectivity index (χ3v) is 10.7. The molecule has 136 valence electrons. The molecule has 1 heterocycles. The van der Waals surface area contributed by atoms with Crippen LogP contribution in [0, 0.1) is 14.1 Å². The fraction of sp³-hybridized carbons (Fsp3) is 0.0588. The molecule has 0 aliphatic heterocycles. The Bertz CT molecular complexity index is 1120. The van der Waals surface area contributed by atoms with Gasteiger partial charge in [0, 0.05) is 0 Å². The Morgan fingerprint density at radius 2 is 1.62 bits per heavy atom. The van der Waals surface area contributed by atoms with E-state index in [0.29, 0.717) is 3.57 Å². The minimum absolute atomic E-state index is 0.0159. The topological polar surface area (TPSA) is 109 Å². The molecule has 7 nitrogen and oxygen atoms in total. The van der Waals surface area contributed by atoms with Crippen molar-refractivity contribution in [2.75, 3.05) is 0 Å². The summed E-state index contributed by atoms with van der Waals surface area (Å²) in [6.45, 7) is 1.85. The molecule has 0 bridgehead atoms. The number of hydrogen-bond donors (Lipinski definition) is 2. The fourth-order valence-corrected chi connectivity index (χ4v) is 8.92. The molecular formula is C17H15IN2O5S. The second-order valence-corrected chi connectivity index (χ2v) is 11.7. The van der Waals surface area contributed by atoms with E-state index in [1.807, 2.05) is 6.92 Å². The van der Waals surface area contributed by atoms with Gasteiger partial charge in [-0.2, -0.15) is 0 Å². The summed E-state index contributed by atoms with van der Waals surface area (Å²) in [5, 5.41) is 0. The molecule has 0 amide bonds. The van der Waals surface area contributed by atoms with Crippen LogP contribution in [0.3, 0.4) is 0 Å². The molecule has 0 atom stereocenters. The number of nitrogens with one attached hydrogen (secondary N) is 2. The molecule has 3 rings (SSSR count). The summed E-state index contributed by atoms with van der Waals surface area (Å²) in [5.41, 5.74) is -0.398. The molecule has 0 spiro atoms. The Hall–Kier alpha value is -2.24. The fourth-order valence-electron chi connectivity index (χ4n) is 2.06. The Morgan fingerprint density at radius 3 is 2.23 bits per heavy atom. The second kappa shape index (κ2) is 7.56. The Labute approximate surface area is 157 Å². The summed E-state index contributed by atoms with van der Waals surface area (Å²) in [5.74, 6) is 0. The van der Waals surface area contributed by atoms with Crippen molar-refractivity contribution >= 4 is 30.4 Å². The van der Waals surface area contributed by atoms with Gasteiger partial charge in [0.15, 0.2) is 0 Å². The predicted molar refractivity (Wildman–Crippen MR) is 105 cm³/mol. The van der Waals surface area contributed by atoms with Crippen LogP contribution in [0.15, 0.2) is 75.3 Å². The van der Waals surface area contributed by atoms with Crippen molar-refractivity contribution in [3.05, 3.63) is 94.3 Å². The van der Waals surface area contributed by atoms with E-state index >= 15 is 0 Å². The first-order valence-electron chi connectivity index (χ1n) is 7.45. The summed E-state index contributed by atoms with van der Waals surface area (Å²) in [4.78, 5) is 28.0. The average Bonchev–Trinajstić information content (AvgIpc) is 2.61. The first-order chi connectivity index (χ1) is 12.4. The zero-order chi connectivity index (χ0) is 18.7. The van der Waals surface area contributed by atoms with Crippen molar-refractivity contribution in [3.63, 3.8) is 0 Å². The Kier molecular flexibility index (Phi) is 5.39. The SMILES string of the molecule is Cc1ccc(S(=O)(=O)OI(c2ccccc2)c2c[nH]c(=O)[nH]c2=O)cc1. The number of aromatic nitrogens is 2. The maximum absolute atomic E-state index is 12.7. The van der Waals surface area contributed by atoms with Gasteiger partial charge in [-0.3, -0.25) is 0 Å². The van der Waals surface area contributed by atoms with Gasteiger partial charge in [0.2, 0.25) is 0 Å². The standard InChI is InChI=1S/C17H15IN2O5S/c1-12-7-9-14(10-8-12)26(23,24)25-18(13-5-3-2-4-6-13)15-11-19-17(22)20-16(15)21/h2-11H,1H3,(H2,19,20,21,22). The molecule has 0 saturated carbocycles. The monoisotopic (exact) mass is 486 g/mol. The molecule has 0 aliphatic carbocycles. The van der Waals surface area contributed by atoms with Crippen LogP contribution in [0.2, 0.25) is 0 Å². The van der Waals surface area contributed by atoms with E-state index in [9.17, 15) is 18.0 Å². The van der Waals surface area contributed by atoms with E-state index in [4.69, 9.17) is 2.51 Å². The summed E-state index contributed by atoms with van der Waals surface area (Å²) in [7, 11) is -4.07. The minimum atomic E-state index is -4.07. The van der Waals surface area contributed by atoms with E-state index in [-0.39, 0.29) is 8.47 Å². The summed E-state index contributed by atoms with van der Waals surface area (Å²) < 4.78 is 31.7. The normalized spacial score (nSPS) is 12.0. The summed E-state index contributed by atoms with van der Waals surface area (Å²) in [6, 6.07) is 14.9. The molecule has 26 heavy (non-hydrogen) atoms. The van der Waals surface area contributed by atoms with Crippen molar-refractivity contribution in [2.24, 2.45) is 0 Å². The van der Waals surface area contributed by atoms with Crippen LogP contribution in [0.5, 0.6) is 0 Å². The average molecular weight is 486 g/mol. The molecule has 2 N–H and O–H groups in total. The third-order valence-electron chi connectivity index (χ3n) is 3.35. The van der Waals surface area contributed by atoms with E-state index in [2.05, 4.69) is 9.97 Å². The van der Waals surface area contributed by atoms with E-state index in [0.717, 1.165) is 5.56 Å². The van der Waals surface area contributed by atoms with Gasteiger partial charge in [0.05, 0.1) is 0 Å². The number of hydrogen-bond acceptors (Lipinski definition) is 5. The van der Waals surface area contributed by atoms with Crippen LogP contribution >= 0.6 is 20.2 Å². The van der Waals surface area contributed by atoms with Gasteiger partial charge in [-0.05, 0) is 0 Å². The summed E-state index contributed by atoms with van der Waals surface area (Å²) >= 11 is -3.14. The van der Waals surface area contributed by atoms with Crippen LogP contribution in [-0.4, -0.2) is 18.4 Å². The number of H-pyrrole nitrogens is 2. The Morgan fingerprint density at radius 1 is 0.962 bits per heavy atom. The second-order valence-electron chi connectivity index (χ2n) is 5.29. The third kappa shape index (κ3) is 4.11. The number of aryl methyl sites for hydroxylation is 1. The van der Waals surface area contributed by atoms with Gasteiger partial charge < -0.3 is 0 Å². The van der Waals surface area contributed by atoms with Crippen LogP contribution in [-0.2, 0) is 12.6 Å². The first kappa shape index (κ1) is 18.5. The van der Waals surface area contributed by atoms with Crippen LogP contribution in [0.25, 0.3) is 0 Å². The molecule has 0 fully saturated rings. The number of rotatable bonds is 5. The number of benzene rings is 2. The van der Waals surface area contributed by atoms with Gasteiger partial charge in [-0.15, -0.1) is 0 Å². The molecule has 0 aliphatic rings. The summed E-state index contributed by atoms with van der Waals surface area (Å²) in [6.07, 6.45) is 1.23. The van der Waals surface area contributed by atoms with Gasteiger partial charge in [0.25, 0.3) is 0 Å². The molecule has 0 saturated heterocycles. The first-order valence-corrected chi connectivity index (χ1v) is 11.9. The van der Waals surface area contributed by atoms with Gasteiger partial charge in [-0.1, -0.05) is 0 Å². The zero-order valence-electron chi connectivity index (χ0n) is 13.6. The quantitative estimate of drug-likeness (QED) is 0.538. The van der Waals surface area contributed by atoms with Gasteiger partial charge in [0.1, 0.15) is 0 Å². The van der Waals surface area contributed by atoms with Crippen molar-refractivity contribution in [2.45, 2.75) is 11.8 Å². The van der Waals surface area contributed by atoms with E-state index < -0.39 is 41.6 Å². The maximum atomic E-state index is 12.7. The molecule has 9 heteroatoms. The molecule has 3 aromatic rings.